The van der Waals surface area contributed by atoms with Gasteiger partial charge in [-0.3, -0.25) is 4.99 Å². The molecule has 27 heavy (non-hydrogen) atoms. The summed E-state index contributed by atoms with van der Waals surface area (Å²) in [6, 6.07) is 11.7. The zero-order valence-electron chi connectivity index (χ0n) is 14.8. The molecular formula is C19H16FN5O2. The number of nitrogens with zero attached hydrogens (tertiary/aromatic N) is 5. The average Bonchev–Trinajstić information content (AvgIpc) is 3.28. The van der Waals surface area contributed by atoms with Crippen molar-refractivity contribution in [3.05, 3.63) is 65.7 Å². The van der Waals surface area contributed by atoms with E-state index in [1.54, 1.807) is 31.0 Å². The van der Waals surface area contributed by atoms with Gasteiger partial charge >= 0.3 is 0 Å². The molecule has 1 aliphatic heterocycles. The van der Waals surface area contributed by atoms with Gasteiger partial charge in [-0.15, -0.1) is 0 Å². The Morgan fingerprint density at radius 2 is 1.81 bits per heavy atom. The van der Waals surface area contributed by atoms with Gasteiger partial charge in [0, 0.05) is 5.56 Å². The van der Waals surface area contributed by atoms with Crippen molar-refractivity contribution >= 4 is 17.5 Å². The van der Waals surface area contributed by atoms with Gasteiger partial charge in [-0.1, -0.05) is 12.1 Å². The van der Waals surface area contributed by atoms with Crippen LogP contribution in [0.4, 0.5) is 10.3 Å². The Bertz CT molecular complexity index is 1040. The molecule has 0 saturated carbocycles. The van der Waals surface area contributed by atoms with Crippen molar-refractivity contribution in [2.75, 3.05) is 14.2 Å². The molecule has 3 aromatic rings. The molecule has 0 aliphatic carbocycles. The largest absolute Gasteiger partial charge is 0.493 e. The Labute approximate surface area is 154 Å². The van der Waals surface area contributed by atoms with Crippen molar-refractivity contribution in [2.24, 2.45) is 9.98 Å². The lowest BCUT2D eigenvalue weighted by Gasteiger charge is -2.10. The van der Waals surface area contributed by atoms with Gasteiger partial charge in [0.15, 0.2) is 17.3 Å². The van der Waals surface area contributed by atoms with Crippen molar-refractivity contribution < 1.29 is 13.9 Å². The first kappa shape index (κ1) is 16.9. The summed E-state index contributed by atoms with van der Waals surface area (Å²) in [5.74, 6) is 1.96. The van der Waals surface area contributed by atoms with Crippen LogP contribution in [0, 0.1) is 5.82 Å². The quantitative estimate of drug-likeness (QED) is 0.697. The molecule has 0 N–H and O–H groups in total. The molecule has 0 spiro atoms. The molecule has 0 fully saturated rings. The van der Waals surface area contributed by atoms with E-state index in [1.807, 2.05) is 18.2 Å². The highest BCUT2D eigenvalue weighted by atomic mass is 19.1. The zero-order valence-corrected chi connectivity index (χ0v) is 14.8. The number of fused-ring (bicyclic) bond motifs is 1. The molecule has 0 radical (unpaired) electrons. The van der Waals surface area contributed by atoms with Crippen LogP contribution in [-0.2, 0) is 6.54 Å². The van der Waals surface area contributed by atoms with Crippen LogP contribution in [0.15, 0.2) is 58.8 Å². The number of rotatable bonds is 5. The summed E-state index contributed by atoms with van der Waals surface area (Å²) in [6.07, 6.45) is 1.43. The zero-order chi connectivity index (χ0) is 18.8. The predicted molar refractivity (Wildman–Crippen MR) is 98.7 cm³/mol. The van der Waals surface area contributed by atoms with Crippen molar-refractivity contribution in [3.63, 3.8) is 0 Å². The lowest BCUT2D eigenvalue weighted by molar-refractivity contribution is 0.355. The molecule has 0 bridgehead atoms. The van der Waals surface area contributed by atoms with Gasteiger partial charge in [0.2, 0.25) is 0 Å². The fraction of sp³-hybridized carbons (Fsp3) is 0.158. The molecule has 7 nitrogen and oxygen atoms in total. The van der Waals surface area contributed by atoms with Crippen LogP contribution in [0.1, 0.15) is 11.1 Å². The van der Waals surface area contributed by atoms with E-state index in [0.29, 0.717) is 35.5 Å². The minimum Gasteiger partial charge on any atom is -0.493 e. The fourth-order valence-electron chi connectivity index (χ4n) is 2.79. The number of aliphatic imine (C=N–C) groups is 2. The summed E-state index contributed by atoms with van der Waals surface area (Å²) in [4.78, 5) is 13.3. The molecule has 1 aliphatic rings. The molecule has 2 heterocycles. The van der Waals surface area contributed by atoms with Gasteiger partial charge in [-0.2, -0.15) is 14.8 Å². The Morgan fingerprint density at radius 1 is 1.04 bits per heavy atom. The maximum Gasteiger partial charge on any atom is 0.254 e. The number of benzene rings is 2. The van der Waals surface area contributed by atoms with Crippen LogP contribution in [-0.4, -0.2) is 40.5 Å². The van der Waals surface area contributed by atoms with E-state index < -0.39 is 0 Å². The predicted octanol–water partition coefficient (Wildman–Crippen LogP) is 3.02. The van der Waals surface area contributed by atoms with E-state index in [1.165, 1.54) is 18.5 Å². The second-order valence-corrected chi connectivity index (χ2v) is 5.77. The second-order valence-electron chi connectivity index (χ2n) is 5.77. The van der Waals surface area contributed by atoms with Crippen molar-refractivity contribution in [1.82, 2.24) is 14.8 Å². The fourth-order valence-corrected chi connectivity index (χ4v) is 2.79. The third-order valence-electron chi connectivity index (χ3n) is 4.14. The van der Waals surface area contributed by atoms with Crippen molar-refractivity contribution in [1.29, 1.82) is 0 Å². The second kappa shape index (κ2) is 6.99. The Morgan fingerprint density at radius 3 is 2.56 bits per heavy atom. The smallest absolute Gasteiger partial charge is 0.254 e. The monoisotopic (exact) mass is 365 g/mol. The lowest BCUT2D eigenvalue weighted by atomic mass is 10.1. The van der Waals surface area contributed by atoms with Gasteiger partial charge in [0.25, 0.3) is 5.95 Å². The highest BCUT2D eigenvalue weighted by Crippen LogP contribution is 2.30. The Balaban J connectivity index is 1.72. The van der Waals surface area contributed by atoms with E-state index in [9.17, 15) is 4.39 Å². The van der Waals surface area contributed by atoms with Gasteiger partial charge in [-0.25, -0.2) is 9.38 Å². The maximum absolute atomic E-state index is 13.1. The normalized spacial score (nSPS) is 14.2. The molecule has 0 saturated heterocycles. The number of methoxy groups -OCH3 is 2. The summed E-state index contributed by atoms with van der Waals surface area (Å²) in [7, 11) is 3.16. The van der Waals surface area contributed by atoms with Gasteiger partial charge in [-0.05, 0) is 35.9 Å². The van der Waals surface area contributed by atoms with Crippen LogP contribution in [0.25, 0.3) is 0 Å². The summed E-state index contributed by atoms with van der Waals surface area (Å²) in [5.41, 5.74) is 2.32. The summed E-state index contributed by atoms with van der Waals surface area (Å²) in [6.45, 7) is 0.362. The highest BCUT2D eigenvalue weighted by molar-refractivity contribution is 6.50. The average molecular weight is 365 g/mol. The third kappa shape index (κ3) is 3.17. The number of halogens is 1. The van der Waals surface area contributed by atoms with E-state index >= 15 is 0 Å². The maximum atomic E-state index is 13.1. The van der Waals surface area contributed by atoms with Crippen molar-refractivity contribution in [2.45, 2.75) is 6.54 Å². The first-order valence-corrected chi connectivity index (χ1v) is 8.20. The molecule has 4 rings (SSSR count). The van der Waals surface area contributed by atoms with E-state index in [-0.39, 0.29) is 5.82 Å². The molecule has 1 aromatic heterocycles. The standard InChI is InChI=1S/C19H16FN5O2/c1-26-15-8-5-13(9-16(15)27-2)17-18(25-19(24-17)22-11-23-25)21-10-12-3-6-14(20)7-4-12/h3-9,11H,10H2,1-2H3. The van der Waals surface area contributed by atoms with Crippen molar-refractivity contribution in [3.8, 4) is 11.5 Å². The van der Waals surface area contributed by atoms with Gasteiger partial charge in [0.05, 0.1) is 20.8 Å². The van der Waals surface area contributed by atoms with Crippen LogP contribution in [0.5, 0.6) is 11.5 Å². The lowest BCUT2D eigenvalue weighted by Crippen LogP contribution is -2.20. The van der Waals surface area contributed by atoms with Crippen LogP contribution >= 0.6 is 0 Å². The molecular weight excluding hydrogens is 349 g/mol. The molecule has 0 atom stereocenters. The minimum absolute atomic E-state index is 0.279. The van der Waals surface area contributed by atoms with Crippen LogP contribution < -0.4 is 9.47 Å². The van der Waals surface area contributed by atoms with Gasteiger partial charge < -0.3 is 9.47 Å². The SMILES string of the molecule is COc1ccc(C2=Nc3ncnn3C2=NCc2ccc(F)cc2)cc1OC. The molecule has 0 amide bonds. The summed E-state index contributed by atoms with van der Waals surface area (Å²) >= 11 is 0. The third-order valence-corrected chi connectivity index (χ3v) is 4.14. The Hall–Kier alpha value is -3.55. The van der Waals surface area contributed by atoms with E-state index in [4.69, 9.17) is 9.47 Å². The first-order chi connectivity index (χ1) is 13.2. The van der Waals surface area contributed by atoms with E-state index in [0.717, 1.165) is 11.1 Å². The van der Waals surface area contributed by atoms with E-state index in [2.05, 4.69) is 20.1 Å². The summed E-state index contributed by atoms with van der Waals surface area (Å²) in [5, 5.41) is 4.20. The molecule has 2 aromatic carbocycles. The first-order valence-electron chi connectivity index (χ1n) is 8.20. The topological polar surface area (TPSA) is 73.9 Å². The van der Waals surface area contributed by atoms with Crippen LogP contribution in [0.3, 0.4) is 0 Å². The Kier molecular flexibility index (Phi) is 4.37. The highest BCUT2D eigenvalue weighted by Gasteiger charge is 2.26. The number of hydrogen-bond acceptors (Lipinski definition) is 6. The van der Waals surface area contributed by atoms with Crippen LogP contribution in [0.2, 0.25) is 0 Å². The number of hydrogen-bond donors (Lipinski definition) is 0. The minimum atomic E-state index is -0.279. The number of aromatic nitrogens is 3. The number of ether oxygens (including phenoxy) is 2. The van der Waals surface area contributed by atoms with Gasteiger partial charge in [0.1, 0.15) is 17.9 Å². The molecule has 136 valence electrons. The molecule has 0 unspecified atom stereocenters. The molecule has 8 heteroatoms. The summed E-state index contributed by atoms with van der Waals surface area (Å²) < 4.78 is 25.3.